The van der Waals surface area contributed by atoms with E-state index in [2.05, 4.69) is 10.2 Å². The number of rotatable bonds is 6. The standard InChI is InChI=1S/C21H21N3O4/c1-3-18-20(16-10-7-11-17(12-16)24(26)27)19(14(2)22-23-18)21(25)28-13-15-8-5-4-6-9-15/h4-12,19-20H,3,13H2,1-2H3. The fourth-order valence-electron chi connectivity index (χ4n) is 3.33. The van der Waals surface area contributed by atoms with Crippen LogP contribution >= 0.6 is 0 Å². The van der Waals surface area contributed by atoms with E-state index in [1.54, 1.807) is 19.1 Å². The van der Waals surface area contributed by atoms with Gasteiger partial charge in [-0.1, -0.05) is 49.4 Å². The monoisotopic (exact) mass is 379 g/mol. The SMILES string of the molecule is CCC1=NN=C(C)C(C(=O)OCc2ccccc2)C1c1cccc([N+](=O)[O-])c1. The van der Waals surface area contributed by atoms with Crippen molar-refractivity contribution < 1.29 is 14.5 Å². The molecule has 0 saturated carbocycles. The maximum Gasteiger partial charge on any atom is 0.316 e. The summed E-state index contributed by atoms with van der Waals surface area (Å²) >= 11 is 0. The Morgan fingerprint density at radius 1 is 1.14 bits per heavy atom. The van der Waals surface area contributed by atoms with Crippen LogP contribution in [0.15, 0.2) is 64.8 Å². The Morgan fingerprint density at radius 3 is 2.57 bits per heavy atom. The Balaban J connectivity index is 1.91. The van der Waals surface area contributed by atoms with E-state index in [0.29, 0.717) is 23.4 Å². The highest BCUT2D eigenvalue weighted by molar-refractivity contribution is 6.10. The molecule has 2 aromatic rings. The van der Waals surface area contributed by atoms with Crippen LogP contribution in [0.5, 0.6) is 0 Å². The molecule has 0 amide bonds. The van der Waals surface area contributed by atoms with Crippen LogP contribution in [0.3, 0.4) is 0 Å². The van der Waals surface area contributed by atoms with E-state index in [1.165, 1.54) is 12.1 Å². The molecule has 1 aliphatic heterocycles. The summed E-state index contributed by atoms with van der Waals surface area (Å²) in [5.41, 5.74) is 2.76. The van der Waals surface area contributed by atoms with E-state index >= 15 is 0 Å². The van der Waals surface area contributed by atoms with Crippen molar-refractivity contribution in [2.45, 2.75) is 32.8 Å². The van der Waals surface area contributed by atoms with Crippen LogP contribution in [0.25, 0.3) is 0 Å². The lowest BCUT2D eigenvalue weighted by atomic mass is 9.78. The van der Waals surface area contributed by atoms with Gasteiger partial charge in [-0.05, 0) is 24.5 Å². The summed E-state index contributed by atoms with van der Waals surface area (Å²) in [5, 5.41) is 19.6. The summed E-state index contributed by atoms with van der Waals surface area (Å²) in [6.45, 7) is 3.81. The van der Waals surface area contributed by atoms with Crippen molar-refractivity contribution in [1.29, 1.82) is 0 Å². The summed E-state index contributed by atoms with van der Waals surface area (Å²) in [7, 11) is 0. The normalized spacial score (nSPS) is 18.8. The second-order valence-electron chi connectivity index (χ2n) is 6.59. The zero-order valence-electron chi connectivity index (χ0n) is 15.7. The molecule has 144 valence electrons. The summed E-state index contributed by atoms with van der Waals surface area (Å²) in [6.07, 6.45) is 0.576. The first-order valence-electron chi connectivity index (χ1n) is 9.07. The van der Waals surface area contributed by atoms with Crippen LogP contribution in [-0.4, -0.2) is 22.3 Å². The zero-order valence-corrected chi connectivity index (χ0v) is 15.7. The van der Waals surface area contributed by atoms with Gasteiger partial charge in [0.1, 0.15) is 12.5 Å². The highest BCUT2D eigenvalue weighted by atomic mass is 16.6. The first-order valence-corrected chi connectivity index (χ1v) is 9.07. The summed E-state index contributed by atoms with van der Waals surface area (Å²) in [4.78, 5) is 23.7. The van der Waals surface area contributed by atoms with Crippen molar-refractivity contribution in [3.63, 3.8) is 0 Å². The maximum atomic E-state index is 13.0. The minimum Gasteiger partial charge on any atom is -0.460 e. The van der Waals surface area contributed by atoms with Crippen LogP contribution in [0.2, 0.25) is 0 Å². The van der Waals surface area contributed by atoms with E-state index < -0.39 is 22.7 Å². The number of ether oxygens (including phenoxy) is 1. The molecule has 0 fully saturated rings. The predicted octanol–water partition coefficient (Wildman–Crippen LogP) is 4.28. The molecule has 7 heteroatoms. The molecule has 0 aromatic heterocycles. The predicted molar refractivity (Wildman–Crippen MR) is 106 cm³/mol. The van der Waals surface area contributed by atoms with Gasteiger partial charge in [0.15, 0.2) is 0 Å². The van der Waals surface area contributed by atoms with Crippen LogP contribution in [0.1, 0.15) is 37.3 Å². The van der Waals surface area contributed by atoms with Gasteiger partial charge >= 0.3 is 5.97 Å². The fourth-order valence-corrected chi connectivity index (χ4v) is 3.33. The second kappa shape index (κ2) is 8.56. The van der Waals surface area contributed by atoms with E-state index in [0.717, 1.165) is 5.56 Å². The Bertz CT molecular complexity index is 938. The molecule has 0 saturated heterocycles. The summed E-state index contributed by atoms with van der Waals surface area (Å²) in [6, 6.07) is 15.7. The van der Waals surface area contributed by atoms with Gasteiger partial charge in [-0.2, -0.15) is 10.2 Å². The molecular weight excluding hydrogens is 358 g/mol. The van der Waals surface area contributed by atoms with Crippen molar-refractivity contribution in [1.82, 2.24) is 0 Å². The molecule has 0 N–H and O–H groups in total. The average Bonchev–Trinajstić information content (AvgIpc) is 2.72. The number of carbonyl (C=O) groups excluding carboxylic acids is 1. The van der Waals surface area contributed by atoms with Crippen molar-refractivity contribution in [2.24, 2.45) is 16.1 Å². The lowest BCUT2D eigenvalue weighted by molar-refractivity contribution is -0.384. The molecule has 1 aliphatic rings. The van der Waals surface area contributed by atoms with E-state index in [9.17, 15) is 14.9 Å². The van der Waals surface area contributed by atoms with Gasteiger partial charge in [-0.25, -0.2) is 0 Å². The number of nitrogens with zero attached hydrogens (tertiary/aromatic N) is 3. The molecule has 2 unspecified atom stereocenters. The van der Waals surface area contributed by atoms with Gasteiger partial charge in [0.25, 0.3) is 5.69 Å². The number of esters is 1. The van der Waals surface area contributed by atoms with E-state index in [4.69, 9.17) is 4.74 Å². The van der Waals surface area contributed by atoms with E-state index in [1.807, 2.05) is 37.3 Å². The second-order valence-corrected chi connectivity index (χ2v) is 6.59. The molecular formula is C21H21N3O4. The van der Waals surface area contributed by atoms with Crippen LogP contribution in [0, 0.1) is 16.0 Å². The molecule has 28 heavy (non-hydrogen) atoms. The molecule has 2 atom stereocenters. The highest BCUT2D eigenvalue weighted by Crippen LogP contribution is 2.34. The molecule has 0 bridgehead atoms. The first-order chi connectivity index (χ1) is 13.5. The van der Waals surface area contributed by atoms with Gasteiger partial charge in [-0.15, -0.1) is 0 Å². The number of non-ortho nitro benzene ring substituents is 1. The van der Waals surface area contributed by atoms with Crippen LogP contribution in [-0.2, 0) is 16.1 Å². The number of carbonyl (C=O) groups is 1. The smallest absolute Gasteiger partial charge is 0.316 e. The molecule has 1 heterocycles. The lowest BCUT2D eigenvalue weighted by Gasteiger charge is -2.29. The maximum absolute atomic E-state index is 13.0. The van der Waals surface area contributed by atoms with Crippen molar-refractivity contribution >= 4 is 23.1 Å². The van der Waals surface area contributed by atoms with Crippen molar-refractivity contribution in [2.75, 3.05) is 0 Å². The highest BCUT2D eigenvalue weighted by Gasteiger charge is 2.39. The molecule has 0 radical (unpaired) electrons. The average molecular weight is 379 g/mol. The van der Waals surface area contributed by atoms with E-state index in [-0.39, 0.29) is 12.3 Å². The Hall–Kier alpha value is -3.35. The third-order valence-corrected chi connectivity index (χ3v) is 4.76. The minimum atomic E-state index is -0.668. The number of hydrogen-bond acceptors (Lipinski definition) is 6. The quantitative estimate of drug-likeness (QED) is 0.425. The Morgan fingerprint density at radius 2 is 1.89 bits per heavy atom. The molecule has 7 nitrogen and oxygen atoms in total. The van der Waals surface area contributed by atoms with Gasteiger partial charge in [0.05, 0.1) is 10.6 Å². The van der Waals surface area contributed by atoms with Crippen molar-refractivity contribution in [3.8, 4) is 0 Å². The Kier molecular flexibility index (Phi) is 5.93. The number of nitro benzene ring substituents is 1. The first kappa shape index (κ1) is 19.4. The summed E-state index contributed by atoms with van der Waals surface area (Å²) in [5.74, 6) is -1.52. The summed E-state index contributed by atoms with van der Waals surface area (Å²) < 4.78 is 5.55. The van der Waals surface area contributed by atoms with Crippen LogP contribution < -0.4 is 0 Å². The molecule has 2 aromatic carbocycles. The largest absolute Gasteiger partial charge is 0.460 e. The van der Waals surface area contributed by atoms with Crippen LogP contribution in [0.4, 0.5) is 5.69 Å². The van der Waals surface area contributed by atoms with Crippen molar-refractivity contribution in [3.05, 3.63) is 75.8 Å². The molecule has 0 aliphatic carbocycles. The third-order valence-electron chi connectivity index (χ3n) is 4.76. The zero-order chi connectivity index (χ0) is 20.1. The fraction of sp³-hybridized carbons (Fsp3) is 0.286. The lowest BCUT2D eigenvalue weighted by Crippen LogP contribution is -2.36. The van der Waals surface area contributed by atoms with Gasteiger partial charge < -0.3 is 4.74 Å². The molecule has 0 spiro atoms. The number of benzene rings is 2. The number of hydrogen-bond donors (Lipinski definition) is 0. The minimum absolute atomic E-state index is 0.0236. The topological polar surface area (TPSA) is 94.2 Å². The van der Waals surface area contributed by atoms with Gasteiger partial charge in [0, 0.05) is 23.8 Å². The number of nitro groups is 1. The Labute approximate surface area is 162 Å². The van der Waals surface area contributed by atoms with Gasteiger partial charge in [0.2, 0.25) is 0 Å². The van der Waals surface area contributed by atoms with Gasteiger partial charge in [-0.3, -0.25) is 14.9 Å². The third kappa shape index (κ3) is 4.14. The molecule has 3 rings (SSSR count).